The van der Waals surface area contributed by atoms with Gasteiger partial charge in [-0.1, -0.05) is 0 Å². The molecule has 1 aliphatic heterocycles. The Morgan fingerprint density at radius 1 is 1.31 bits per heavy atom. The van der Waals surface area contributed by atoms with E-state index in [0.29, 0.717) is 36.7 Å². The van der Waals surface area contributed by atoms with Crippen molar-refractivity contribution < 1.29 is 13.2 Å². The summed E-state index contributed by atoms with van der Waals surface area (Å²) in [5.74, 6) is 0.870. The molecule has 1 aliphatic rings. The van der Waals surface area contributed by atoms with Gasteiger partial charge in [-0.3, -0.25) is 14.9 Å². The van der Waals surface area contributed by atoms with Crippen molar-refractivity contribution >= 4 is 15.9 Å². The van der Waals surface area contributed by atoms with Gasteiger partial charge in [0.05, 0.1) is 5.75 Å². The molecule has 1 atom stereocenters. The molecule has 1 N–H and O–H groups in total. The van der Waals surface area contributed by atoms with E-state index in [2.05, 4.69) is 20.2 Å². The summed E-state index contributed by atoms with van der Waals surface area (Å²) in [4.78, 5) is 23.0. The quantitative estimate of drug-likeness (QED) is 0.840. The third kappa shape index (κ3) is 3.75. The summed E-state index contributed by atoms with van der Waals surface area (Å²) >= 11 is 0. The van der Waals surface area contributed by atoms with Gasteiger partial charge in [0.15, 0.2) is 5.82 Å². The molecule has 3 rings (SSSR count). The van der Waals surface area contributed by atoms with Crippen LogP contribution in [0.2, 0.25) is 0 Å². The molecule has 0 aromatic carbocycles. The minimum atomic E-state index is -3.37. The van der Waals surface area contributed by atoms with Crippen LogP contribution in [0.3, 0.4) is 0 Å². The summed E-state index contributed by atoms with van der Waals surface area (Å²) in [6.45, 7) is 4.32. The van der Waals surface area contributed by atoms with Gasteiger partial charge in [-0.25, -0.2) is 13.4 Å². The van der Waals surface area contributed by atoms with Crippen LogP contribution in [0, 0.1) is 6.92 Å². The maximum atomic E-state index is 13.0. The lowest BCUT2D eigenvalue weighted by atomic mass is 10.1. The highest BCUT2D eigenvalue weighted by Gasteiger charge is 2.36. The van der Waals surface area contributed by atoms with Gasteiger partial charge in [0.25, 0.3) is 5.91 Å². The first-order valence-electron chi connectivity index (χ1n) is 8.50. The van der Waals surface area contributed by atoms with E-state index in [0.717, 1.165) is 0 Å². The van der Waals surface area contributed by atoms with Crippen LogP contribution in [-0.2, 0) is 10.0 Å². The van der Waals surface area contributed by atoms with Gasteiger partial charge < -0.3 is 4.90 Å². The van der Waals surface area contributed by atoms with Crippen molar-refractivity contribution in [3.8, 4) is 0 Å². The number of hydrogen-bond acceptors (Lipinski definition) is 6. The predicted octanol–water partition coefficient (Wildman–Crippen LogP) is 0.747. The minimum absolute atomic E-state index is 0.0189. The van der Waals surface area contributed by atoms with Gasteiger partial charge in [-0.2, -0.15) is 9.40 Å². The smallest absolute Gasteiger partial charge is 0.254 e. The largest absolute Gasteiger partial charge is 0.327 e. The third-order valence-electron chi connectivity index (χ3n) is 4.42. The molecular formula is C16H22N6O3S. The summed E-state index contributed by atoms with van der Waals surface area (Å²) in [6, 6.07) is 2.74. The van der Waals surface area contributed by atoms with Crippen LogP contribution < -0.4 is 0 Å². The molecule has 0 bridgehead atoms. The molecule has 1 amide bonds. The normalized spacial score (nSPS) is 19.3. The number of rotatable bonds is 4. The summed E-state index contributed by atoms with van der Waals surface area (Å²) < 4.78 is 26.2. The fourth-order valence-corrected chi connectivity index (χ4v) is 4.17. The fraction of sp³-hybridized carbons (Fsp3) is 0.500. The zero-order valence-electron chi connectivity index (χ0n) is 14.8. The Balaban J connectivity index is 1.97. The van der Waals surface area contributed by atoms with Gasteiger partial charge in [-0.15, -0.1) is 0 Å². The van der Waals surface area contributed by atoms with E-state index < -0.39 is 16.1 Å². The Hall–Kier alpha value is -2.33. The number of aryl methyl sites for hydroxylation is 1. The molecule has 0 radical (unpaired) electrons. The lowest BCUT2D eigenvalue weighted by Crippen LogP contribution is -2.41. The fourth-order valence-electron chi connectivity index (χ4n) is 3.02. The molecule has 0 spiro atoms. The number of carbonyl (C=O) groups is 1. The highest BCUT2D eigenvalue weighted by Crippen LogP contribution is 2.26. The molecule has 2 aromatic heterocycles. The lowest BCUT2D eigenvalue weighted by Gasteiger charge is -2.29. The predicted molar refractivity (Wildman–Crippen MR) is 94.8 cm³/mol. The van der Waals surface area contributed by atoms with Crippen LogP contribution in [0.25, 0.3) is 0 Å². The van der Waals surface area contributed by atoms with Crippen molar-refractivity contribution in [3.63, 3.8) is 0 Å². The Morgan fingerprint density at radius 3 is 2.65 bits per heavy atom. The van der Waals surface area contributed by atoms with Crippen molar-refractivity contribution in [3.05, 3.63) is 41.7 Å². The Kier molecular flexibility index (Phi) is 5.33. The van der Waals surface area contributed by atoms with Crippen LogP contribution in [0.1, 0.15) is 41.4 Å². The maximum absolute atomic E-state index is 13.0. The molecular weight excluding hydrogens is 356 g/mol. The number of hydrogen-bond donors (Lipinski definition) is 1. The zero-order chi connectivity index (χ0) is 18.7. The summed E-state index contributed by atoms with van der Waals surface area (Å²) in [5.41, 5.74) is 0.504. The number of pyridine rings is 1. The first-order chi connectivity index (χ1) is 12.4. The second kappa shape index (κ2) is 7.50. The molecule has 10 heteroatoms. The van der Waals surface area contributed by atoms with Crippen molar-refractivity contribution in [2.24, 2.45) is 0 Å². The van der Waals surface area contributed by atoms with Crippen LogP contribution >= 0.6 is 0 Å². The molecule has 3 heterocycles. The first kappa shape index (κ1) is 18.5. The van der Waals surface area contributed by atoms with E-state index in [-0.39, 0.29) is 18.2 Å². The maximum Gasteiger partial charge on any atom is 0.254 e. The number of aromatic nitrogens is 4. The molecule has 26 heavy (non-hydrogen) atoms. The van der Waals surface area contributed by atoms with E-state index in [1.165, 1.54) is 4.31 Å². The van der Waals surface area contributed by atoms with Crippen molar-refractivity contribution in [2.75, 3.05) is 25.4 Å². The van der Waals surface area contributed by atoms with E-state index in [9.17, 15) is 13.2 Å². The van der Waals surface area contributed by atoms with Gasteiger partial charge in [-0.05, 0) is 32.4 Å². The SMILES string of the molecule is CCS(=O)(=O)N1CCCN(C(=O)c2ccncc2)C(c2n[nH]c(C)n2)C1. The average molecular weight is 378 g/mol. The van der Waals surface area contributed by atoms with E-state index in [4.69, 9.17) is 0 Å². The molecule has 1 saturated heterocycles. The number of H-pyrrole nitrogens is 1. The molecule has 1 unspecified atom stereocenters. The molecule has 140 valence electrons. The van der Waals surface area contributed by atoms with Gasteiger partial charge in [0, 0.05) is 37.6 Å². The highest BCUT2D eigenvalue weighted by molar-refractivity contribution is 7.89. The van der Waals surface area contributed by atoms with Gasteiger partial charge in [0.2, 0.25) is 10.0 Å². The summed E-state index contributed by atoms with van der Waals surface area (Å²) in [7, 11) is -3.37. The minimum Gasteiger partial charge on any atom is -0.327 e. The topological polar surface area (TPSA) is 112 Å². The Bertz CT molecular complexity index is 867. The van der Waals surface area contributed by atoms with E-state index in [1.807, 2.05) is 0 Å². The van der Waals surface area contributed by atoms with E-state index >= 15 is 0 Å². The van der Waals surface area contributed by atoms with Crippen molar-refractivity contribution in [2.45, 2.75) is 26.3 Å². The Labute approximate surface area is 152 Å². The van der Waals surface area contributed by atoms with Crippen molar-refractivity contribution in [1.82, 2.24) is 29.4 Å². The standard InChI is InChI=1S/C16H22N6O3S/c1-3-26(24,25)21-9-4-10-22(16(23)13-5-7-17-8-6-13)14(11-21)15-18-12(2)19-20-15/h5-8,14H,3-4,9-11H2,1-2H3,(H,18,19,20). The average Bonchev–Trinajstić information content (AvgIpc) is 2.95. The second-order valence-electron chi connectivity index (χ2n) is 6.14. The molecule has 2 aromatic rings. The van der Waals surface area contributed by atoms with Crippen LogP contribution in [0.15, 0.2) is 24.5 Å². The monoisotopic (exact) mass is 378 g/mol. The third-order valence-corrected chi connectivity index (χ3v) is 6.27. The van der Waals surface area contributed by atoms with Crippen molar-refractivity contribution in [1.29, 1.82) is 0 Å². The Morgan fingerprint density at radius 2 is 2.04 bits per heavy atom. The number of sulfonamides is 1. The van der Waals surface area contributed by atoms with Gasteiger partial charge in [0.1, 0.15) is 11.9 Å². The number of amides is 1. The summed E-state index contributed by atoms with van der Waals surface area (Å²) in [6.07, 6.45) is 3.67. The lowest BCUT2D eigenvalue weighted by molar-refractivity contribution is 0.0676. The molecule has 0 saturated carbocycles. The number of nitrogens with zero attached hydrogens (tertiary/aromatic N) is 5. The molecule has 0 aliphatic carbocycles. The van der Waals surface area contributed by atoms with E-state index in [1.54, 1.807) is 43.3 Å². The van der Waals surface area contributed by atoms with Gasteiger partial charge >= 0.3 is 0 Å². The zero-order valence-corrected chi connectivity index (χ0v) is 15.6. The summed E-state index contributed by atoms with van der Waals surface area (Å²) in [5, 5.41) is 6.96. The van der Waals surface area contributed by atoms with Crippen LogP contribution in [0.5, 0.6) is 0 Å². The second-order valence-corrected chi connectivity index (χ2v) is 8.40. The number of nitrogens with one attached hydrogen (secondary N) is 1. The van der Waals surface area contributed by atoms with Crippen LogP contribution in [-0.4, -0.2) is 69.1 Å². The highest BCUT2D eigenvalue weighted by atomic mass is 32.2. The molecule has 9 nitrogen and oxygen atoms in total. The molecule has 1 fully saturated rings. The number of carbonyl (C=O) groups excluding carboxylic acids is 1. The van der Waals surface area contributed by atoms with Crippen LogP contribution in [0.4, 0.5) is 0 Å². The first-order valence-corrected chi connectivity index (χ1v) is 10.1. The number of aromatic amines is 1.